The van der Waals surface area contributed by atoms with Gasteiger partial charge in [-0.3, -0.25) is 0 Å². The average molecular weight is 345 g/mol. The van der Waals surface area contributed by atoms with Crippen molar-refractivity contribution in [2.24, 2.45) is 0 Å². The van der Waals surface area contributed by atoms with Crippen LogP contribution in [-0.4, -0.2) is 39.0 Å². The minimum Gasteiger partial charge on any atom is -0.486 e. The Balaban J connectivity index is 1.64. The van der Waals surface area contributed by atoms with Crippen LogP contribution in [0.1, 0.15) is 5.56 Å². The molecule has 0 aromatic heterocycles. The van der Waals surface area contributed by atoms with Crippen molar-refractivity contribution in [1.29, 1.82) is 0 Å². The number of ether oxygens (including phenoxy) is 2. The van der Waals surface area contributed by atoms with Gasteiger partial charge in [-0.25, -0.2) is 8.42 Å². The molecule has 0 N–H and O–H groups in total. The lowest BCUT2D eigenvalue weighted by Gasteiger charge is -2.28. The van der Waals surface area contributed by atoms with Crippen LogP contribution in [0.2, 0.25) is 0 Å². The quantitative estimate of drug-likeness (QED) is 0.836. The van der Waals surface area contributed by atoms with Crippen molar-refractivity contribution in [1.82, 2.24) is 4.31 Å². The number of benzene rings is 2. The zero-order chi connectivity index (χ0) is 17.0. The maximum atomic E-state index is 12.4. The average Bonchev–Trinajstić information content (AvgIpc) is 2.61. The third-order valence-electron chi connectivity index (χ3n) is 3.69. The van der Waals surface area contributed by atoms with Crippen molar-refractivity contribution in [3.05, 3.63) is 65.6 Å². The second kappa shape index (κ2) is 7.07. The van der Waals surface area contributed by atoms with Crippen LogP contribution < -0.4 is 9.47 Å². The first-order chi connectivity index (χ1) is 11.5. The highest BCUT2D eigenvalue weighted by atomic mass is 32.2. The highest BCUT2D eigenvalue weighted by Gasteiger charge is 2.25. The zero-order valence-electron chi connectivity index (χ0n) is 13.3. The van der Waals surface area contributed by atoms with Crippen LogP contribution >= 0.6 is 0 Å². The lowest BCUT2D eigenvalue weighted by Crippen LogP contribution is -2.41. The molecule has 3 rings (SSSR count). The number of likely N-dealkylation sites (N-methyl/N-ethyl adjacent to an activating group) is 1. The highest BCUT2D eigenvalue weighted by molar-refractivity contribution is 7.92. The number of rotatable bonds is 5. The summed E-state index contributed by atoms with van der Waals surface area (Å²) in [6.07, 6.45) is 1.24. The molecule has 24 heavy (non-hydrogen) atoms. The summed E-state index contributed by atoms with van der Waals surface area (Å²) in [6, 6.07) is 16.7. The molecular weight excluding hydrogens is 326 g/mol. The second-order valence-electron chi connectivity index (χ2n) is 5.54. The maximum absolute atomic E-state index is 12.4. The van der Waals surface area contributed by atoms with Gasteiger partial charge in [-0.2, -0.15) is 4.31 Å². The van der Waals surface area contributed by atoms with Gasteiger partial charge in [-0.15, -0.1) is 0 Å². The van der Waals surface area contributed by atoms with Crippen LogP contribution in [0, 0.1) is 0 Å². The molecule has 6 heteroatoms. The van der Waals surface area contributed by atoms with Crippen LogP contribution in [0.4, 0.5) is 0 Å². The number of fused-ring (bicyclic) bond motifs is 1. The third kappa shape index (κ3) is 3.96. The van der Waals surface area contributed by atoms with Gasteiger partial charge >= 0.3 is 0 Å². The van der Waals surface area contributed by atoms with Crippen molar-refractivity contribution in [3.8, 4) is 11.5 Å². The number of nitrogens with zero attached hydrogens (tertiary/aromatic N) is 1. The van der Waals surface area contributed by atoms with E-state index in [0.717, 1.165) is 5.56 Å². The Hall–Kier alpha value is -2.31. The first-order valence-electron chi connectivity index (χ1n) is 7.62. The van der Waals surface area contributed by atoms with E-state index in [0.29, 0.717) is 18.1 Å². The van der Waals surface area contributed by atoms with Gasteiger partial charge < -0.3 is 9.47 Å². The molecule has 1 unspecified atom stereocenters. The first-order valence-corrected chi connectivity index (χ1v) is 9.13. The summed E-state index contributed by atoms with van der Waals surface area (Å²) >= 11 is 0. The minimum atomic E-state index is -3.52. The highest BCUT2D eigenvalue weighted by Crippen LogP contribution is 2.31. The molecule has 0 amide bonds. The molecule has 0 spiro atoms. The maximum Gasteiger partial charge on any atom is 0.236 e. The van der Waals surface area contributed by atoms with E-state index in [1.54, 1.807) is 6.08 Å². The van der Waals surface area contributed by atoms with Gasteiger partial charge in [0, 0.05) is 12.5 Å². The van der Waals surface area contributed by atoms with E-state index in [1.807, 2.05) is 54.6 Å². The normalized spacial score (nSPS) is 17.3. The monoisotopic (exact) mass is 345 g/mol. The lowest BCUT2D eigenvalue weighted by molar-refractivity contribution is 0.0800. The van der Waals surface area contributed by atoms with Crippen molar-refractivity contribution < 1.29 is 17.9 Å². The zero-order valence-corrected chi connectivity index (χ0v) is 14.1. The third-order valence-corrected chi connectivity index (χ3v) is 5.19. The SMILES string of the molecule is CN(CC1COc2ccccc2O1)S(=O)(=O)/C=C/c1ccccc1. The molecule has 5 nitrogen and oxygen atoms in total. The van der Waals surface area contributed by atoms with Crippen LogP contribution in [0.5, 0.6) is 11.5 Å². The van der Waals surface area contributed by atoms with Gasteiger partial charge in [-0.05, 0) is 23.8 Å². The molecule has 1 atom stereocenters. The number of hydrogen-bond acceptors (Lipinski definition) is 4. The molecular formula is C18H19NO4S. The fraction of sp³-hybridized carbons (Fsp3) is 0.222. The number of para-hydroxylation sites is 2. The van der Waals surface area contributed by atoms with Gasteiger partial charge in [0.1, 0.15) is 12.7 Å². The van der Waals surface area contributed by atoms with Crippen molar-refractivity contribution in [2.75, 3.05) is 20.2 Å². The second-order valence-corrected chi connectivity index (χ2v) is 7.46. The molecule has 1 aliphatic heterocycles. The van der Waals surface area contributed by atoms with Crippen LogP contribution in [0.25, 0.3) is 6.08 Å². The Labute approximate surface area is 142 Å². The molecule has 2 aromatic carbocycles. The van der Waals surface area contributed by atoms with Crippen LogP contribution in [0.15, 0.2) is 60.0 Å². The lowest BCUT2D eigenvalue weighted by atomic mass is 10.2. The Kier molecular flexibility index (Phi) is 4.87. The molecule has 1 heterocycles. The molecule has 1 aliphatic rings. The summed E-state index contributed by atoms with van der Waals surface area (Å²) in [7, 11) is -1.98. The number of sulfonamides is 1. The summed E-state index contributed by atoms with van der Waals surface area (Å²) in [5.41, 5.74) is 0.834. The summed E-state index contributed by atoms with van der Waals surface area (Å²) in [4.78, 5) is 0. The molecule has 0 radical (unpaired) electrons. The van der Waals surface area contributed by atoms with E-state index in [9.17, 15) is 8.42 Å². The van der Waals surface area contributed by atoms with Crippen molar-refractivity contribution in [2.45, 2.75) is 6.10 Å². The van der Waals surface area contributed by atoms with Gasteiger partial charge in [0.15, 0.2) is 11.5 Å². The topological polar surface area (TPSA) is 55.8 Å². The Morgan fingerprint density at radius 1 is 1.08 bits per heavy atom. The van der Waals surface area contributed by atoms with Crippen molar-refractivity contribution in [3.63, 3.8) is 0 Å². The summed E-state index contributed by atoms with van der Waals surface area (Å²) in [5, 5.41) is 1.21. The van der Waals surface area contributed by atoms with E-state index >= 15 is 0 Å². The summed E-state index contributed by atoms with van der Waals surface area (Å²) < 4.78 is 37.4. The molecule has 0 bridgehead atoms. The van der Waals surface area contributed by atoms with Crippen LogP contribution in [0.3, 0.4) is 0 Å². The molecule has 0 fully saturated rings. The predicted molar refractivity (Wildman–Crippen MR) is 93.4 cm³/mol. The fourth-order valence-corrected chi connectivity index (χ4v) is 3.29. The number of hydrogen-bond donors (Lipinski definition) is 0. The standard InChI is InChI=1S/C18H19NO4S/c1-19(24(20,21)12-11-15-7-3-2-4-8-15)13-16-14-22-17-9-5-6-10-18(17)23-16/h2-12,16H,13-14H2,1H3/b12-11+. The van der Waals surface area contributed by atoms with Gasteiger partial charge in [-0.1, -0.05) is 42.5 Å². The molecule has 0 aliphatic carbocycles. The molecule has 126 valence electrons. The smallest absolute Gasteiger partial charge is 0.236 e. The molecule has 2 aromatic rings. The Morgan fingerprint density at radius 2 is 1.75 bits per heavy atom. The van der Waals surface area contributed by atoms with Crippen molar-refractivity contribution >= 4 is 16.1 Å². The summed E-state index contributed by atoms with van der Waals surface area (Å²) in [5.74, 6) is 1.32. The van der Waals surface area contributed by atoms with Gasteiger partial charge in [0.2, 0.25) is 10.0 Å². The minimum absolute atomic E-state index is 0.218. The fourth-order valence-electron chi connectivity index (χ4n) is 2.38. The van der Waals surface area contributed by atoms with Gasteiger partial charge in [0.05, 0.1) is 6.54 Å². The van der Waals surface area contributed by atoms with E-state index in [4.69, 9.17) is 9.47 Å². The largest absolute Gasteiger partial charge is 0.486 e. The van der Waals surface area contributed by atoms with E-state index in [1.165, 1.54) is 16.8 Å². The van der Waals surface area contributed by atoms with E-state index in [-0.39, 0.29) is 12.6 Å². The molecule has 0 saturated heterocycles. The Bertz CT molecular complexity index is 818. The van der Waals surface area contributed by atoms with Crippen LogP contribution in [-0.2, 0) is 10.0 Å². The van der Waals surface area contributed by atoms with E-state index < -0.39 is 10.0 Å². The first kappa shape index (κ1) is 16.5. The van der Waals surface area contributed by atoms with Gasteiger partial charge in [0.25, 0.3) is 0 Å². The summed E-state index contributed by atoms with van der Waals surface area (Å²) in [6.45, 7) is 0.537. The molecule has 0 saturated carbocycles. The van der Waals surface area contributed by atoms with E-state index in [2.05, 4.69) is 0 Å². The predicted octanol–water partition coefficient (Wildman–Crippen LogP) is 2.76. The Morgan fingerprint density at radius 3 is 2.50 bits per heavy atom.